The summed E-state index contributed by atoms with van der Waals surface area (Å²) in [7, 11) is -3.96. The van der Waals surface area contributed by atoms with Gasteiger partial charge >= 0.3 is 6.18 Å². The zero-order valence-electron chi connectivity index (χ0n) is 16.6. The number of alkyl halides is 3. The van der Waals surface area contributed by atoms with Crippen LogP contribution < -0.4 is 4.74 Å². The average molecular weight is 442 g/mol. The molecule has 1 amide bonds. The van der Waals surface area contributed by atoms with Crippen LogP contribution in [0.1, 0.15) is 46.4 Å². The van der Waals surface area contributed by atoms with E-state index in [9.17, 15) is 26.4 Å². The van der Waals surface area contributed by atoms with Gasteiger partial charge in [0.05, 0.1) is 18.8 Å². The molecule has 2 aromatic rings. The van der Waals surface area contributed by atoms with Crippen LogP contribution in [-0.4, -0.2) is 37.1 Å². The lowest BCUT2D eigenvalue weighted by Crippen LogP contribution is -2.33. The minimum Gasteiger partial charge on any atom is -0.477 e. The molecule has 1 aliphatic heterocycles. The lowest BCUT2D eigenvalue weighted by atomic mass is 10.1. The Morgan fingerprint density at radius 2 is 1.90 bits per heavy atom. The molecule has 3 rings (SSSR count). The summed E-state index contributed by atoms with van der Waals surface area (Å²) < 4.78 is 71.1. The van der Waals surface area contributed by atoms with E-state index in [-0.39, 0.29) is 35.9 Å². The maximum absolute atomic E-state index is 13.6. The van der Waals surface area contributed by atoms with Crippen molar-refractivity contribution in [3.63, 3.8) is 0 Å². The van der Waals surface area contributed by atoms with Gasteiger partial charge in [-0.25, -0.2) is 13.4 Å². The number of carbonyl (C=O) groups excluding carboxylic acids is 1. The summed E-state index contributed by atoms with van der Waals surface area (Å²) in [6, 6.07) is 8.68. The summed E-state index contributed by atoms with van der Waals surface area (Å²) >= 11 is 0. The van der Waals surface area contributed by atoms with E-state index in [2.05, 4.69) is 4.98 Å². The monoisotopic (exact) mass is 442 g/mol. The Hall–Kier alpha value is -2.62. The molecule has 1 aliphatic rings. The maximum Gasteiger partial charge on any atom is 0.421 e. The topological polar surface area (TPSA) is 76.6 Å². The molecule has 0 radical (unpaired) electrons. The highest BCUT2D eigenvalue weighted by Crippen LogP contribution is 2.43. The molecular weight excluding hydrogens is 421 g/mol. The Morgan fingerprint density at radius 1 is 1.27 bits per heavy atom. The van der Waals surface area contributed by atoms with Crippen LogP contribution in [0.4, 0.5) is 13.2 Å². The number of hydrogen-bond acceptors (Lipinski definition) is 5. The minimum absolute atomic E-state index is 0.0109. The first-order valence-electron chi connectivity index (χ1n) is 9.18. The molecule has 1 atom stereocenters. The van der Waals surface area contributed by atoms with Crippen molar-refractivity contribution in [2.45, 2.75) is 31.9 Å². The summed E-state index contributed by atoms with van der Waals surface area (Å²) in [6.45, 7) is 3.33. The number of ether oxygens (including phenoxy) is 1. The third-order valence-corrected chi connectivity index (χ3v) is 5.83. The first kappa shape index (κ1) is 22.1. The van der Waals surface area contributed by atoms with E-state index in [1.165, 1.54) is 12.1 Å². The Kier molecular flexibility index (Phi) is 5.81. The Bertz CT molecular complexity index is 1050. The lowest BCUT2D eigenvalue weighted by Gasteiger charge is -2.24. The summed E-state index contributed by atoms with van der Waals surface area (Å²) in [5, 5.41) is -1.56. The standard InChI is InChI=1S/C20H21F3N2O4S/c1-12(2)11-29-17-15(20(21,22)23)9-14-16(24-17)10-25(19(14)30(3,27)28)18(26)13-7-5-4-6-8-13/h4-9,12,19H,10-11H2,1-3H3. The van der Waals surface area contributed by atoms with Crippen molar-refractivity contribution in [1.82, 2.24) is 9.88 Å². The number of pyridine rings is 1. The van der Waals surface area contributed by atoms with E-state index < -0.39 is 38.7 Å². The van der Waals surface area contributed by atoms with Crippen LogP contribution in [0.15, 0.2) is 36.4 Å². The van der Waals surface area contributed by atoms with Gasteiger partial charge in [0.2, 0.25) is 5.88 Å². The molecule has 0 spiro atoms. The minimum atomic E-state index is -4.80. The van der Waals surface area contributed by atoms with Gasteiger partial charge in [-0.15, -0.1) is 0 Å². The number of rotatable bonds is 5. The molecule has 2 heterocycles. The highest BCUT2D eigenvalue weighted by atomic mass is 32.2. The predicted molar refractivity (Wildman–Crippen MR) is 103 cm³/mol. The average Bonchev–Trinajstić information content (AvgIpc) is 3.03. The fraction of sp³-hybridized carbons (Fsp3) is 0.400. The Labute approximate surface area is 172 Å². The van der Waals surface area contributed by atoms with Crippen LogP contribution in [-0.2, 0) is 22.6 Å². The number of carbonyl (C=O) groups is 1. The van der Waals surface area contributed by atoms with E-state index in [0.717, 1.165) is 17.2 Å². The van der Waals surface area contributed by atoms with Crippen LogP contribution in [0.25, 0.3) is 0 Å². The number of aromatic nitrogens is 1. The zero-order valence-corrected chi connectivity index (χ0v) is 17.4. The number of sulfone groups is 1. The smallest absolute Gasteiger partial charge is 0.421 e. The number of nitrogens with zero attached hydrogens (tertiary/aromatic N) is 2. The molecule has 6 nitrogen and oxygen atoms in total. The largest absolute Gasteiger partial charge is 0.477 e. The summed E-state index contributed by atoms with van der Waals surface area (Å²) in [6.07, 6.45) is -3.91. The van der Waals surface area contributed by atoms with Gasteiger partial charge in [0.15, 0.2) is 15.2 Å². The third-order valence-electron chi connectivity index (χ3n) is 4.52. The highest BCUT2D eigenvalue weighted by Gasteiger charge is 2.45. The van der Waals surface area contributed by atoms with E-state index in [1.54, 1.807) is 32.0 Å². The van der Waals surface area contributed by atoms with Crippen LogP contribution >= 0.6 is 0 Å². The maximum atomic E-state index is 13.6. The SMILES string of the molecule is CC(C)COc1nc2c(cc1C(F)(F)F)C(S(C)(=O)=O)N(C(=O)c1ccccc1)C2. The number of benzene rings is 1. The first-order chi connectivity index (χ1) is 13.9. The fourth-order valence-corrected chi connectivity index (χ4v) is 4.54. The van der Waals surface area contributed by atoms with Crippen molar-refractivity contribution in [2.24, 2.45) is 5.92 Å². The summed E-state index contributed by atoms with van der Waals surface area (Å²) in [5.74, 6) is -1.26. The second kappa shape index (κ2) is 7.90. The number of halogens is 3. The van der Waals surface area contributed by atoms with Gasteiger partial charge in [-0.3, -0.25) is 4.79 Å². The van der Waals surface area contributed by atoms with Crippen molar-refractivity contribution in [2.75, 3.05) is 12.9 Å². The summed E-state index contributed by atoms with van der Waals surface area (Å²) in [4.78, 5) is 17.9. The zero-order chi connectivity index (χ0) is 22.3. The van der Waals surface area contributed by atoms with Gasteiger partial charge in [0.1, 0.15) is 5.56 Å². The van der Waals surface area contributed by atoms with E-state index in [4.69, 9.17) is 4.74 Å². The van der Waals surface area contributed by atoms with E-state index >= 15 is 0 Å². The van der Waals surface area contributed by atoms with Crippen LogP contribution in [0.5, 0.6) is 5.88 Å². The normalized spacial score (nSPS) is 16.6. The van der Waals surface area contributed by atoms with Gasteiger partial charge in [0.25, 0.3) is 5.91 Å². The number of amides is 1. The van der Waals surface area contributed by atoms with Gasteiger partial charge < -0.3 is 9.64 Å². The molecule has 0 saturated carbocycles. The van der Waals surface area contributed by atoms with Gasteiger partial charge in [-0.05, 0) is 24.1 Å². The third kappa shape index (κ3) is 4.43. The molecule has 0 aliphatic carbocycles. The Balaban J connectivity index is 2.12. The number of hydrogen-bond donors (Lipinski definition) is 0. The molecule has 162 valence electrons. The highest BCUT2D eigenvalue weighted by molar-refractivity contribution is 7.90. The van der Waals surface area contributed by atoms with E-state index in [0.29, 0.717) is 0 Å². The van der Waals surface area contributed by atoms with Crippen LogP contribution in [0.2, 0.25) is 0 Å². The first-order valence-corrected chi connectivity index (χ1v) is 11.1. The van der Waals surface area contributed by atoms with Gasteiger partial charge in [0, 0.05) is 17.4 Å². The second-order valence-electron chi connectivity index (χ2n) is 7.56. The van der Waals surface area contributed by atoms with Crippen molar-refractivity contribution < 1.29 is 31.1 Å². The summed E-state index contributed by atoms with van der Waals surface area (Å²) in [5.41, 5.74) is -1.02. The molecule has 1 aromatic heterocycles. The molecule has 0 bridgehead atoms. The van der Waals surface area contributed by atoms with Gasteiger partial charge in [-0.2, -0.15) is 13.2 Å². The fourth-order valence-electron chi connectivity index (χ4n) is 3.25. The predicted octanol–water partition coefficient (Wildman–Crippen LogP) is 3.83. The molecule has 0 N–H and O–H groups in total. The van der Waals surface area contributed by atoms with Crippen molar-refractivity contribution in [3.8, 4) is 5.88 Å². The number of fused-ring (bicyclic) bond motifs is 1. The molecular formula is C20H21F3N2O4S. The Morgan fingerprint density at radius 3 is 2.43 bits per heavy atom. The molecule has 0 saturated heterocycles. The molecule has 1 aromatic carbocycles. The van der Waals surface area contributed by atoms with Crippen LogP contribution in [0.3, 0.4) is 0 Å². The molecule has 0 fully saturated rings. The van der Waals surface area contributed by atoms with Crippen molar-refractivity contribution in [3.05, 3.63) is 58.8 Å². The van der Waals surface area contributed by atoms with Gasteiger partial charge in [-0.1, -0.05) is 32.0 Å². The van der Waals surface area contributed by atoms with Crippen molar-refractivity contribution in [1.29, 1.82) is 0 Å². The quantitative estimate of drug-likeness (QED) is 0.703. The lowest BCUT2D eigenvalue weighted by molar-refractivity contribution is -0.139. The van der Waals surface area contributed by atoms with Crippen molar-refractivity contribution >= 4 is 15.7 Å². The molecule has 10 heteroatoms. The molecule has 1 unspecified atom stereocenters. The van der Waals surface area contributed by atoms with Crippen LogP contribution in [0, 0.1) is 5.92 Å². The second-order valence-corrected chi connectivity index (χ2v) is 9.67. The van der Waals surface area contributed by atoms with E-state index in [1.807, 2.05) is 0 Å². The molecule has 30 heavy (non-hydrogen) atoms.